The average Bonchev–Trinajstić information content (AvgIpc) is 2.64. The van der Waals surface area contributed by atoms with Crippen molar-refractivity contribution in [3.05, 3.63) is 70.8 Å². The SMILES string of the molecule is COc1ccc(/C=C(/C#N)C(=O)OCc2ccc(C(C)(C)C)cc2)cc1. The van der Waals surface area contributed by atoms with Crippen LogP contribution in [0.4, 0.5) is 0 Å². The lowest BCUT2D eigenvalue weighted by Gasteiger charge is -2.19. The maximum atomic E-state index is 12.2. The van der Waals surface area contributed by atoms with E-state index in [9.17, 15) is 10.1 Å². The average molecular weight is 349 g/mol. The topological polar surface area (TPSA) is 59.3 Å². The Hall–Kier alpha value is -3.06. The van der Waals surface area contributed by atoms with Crippen LogP contribution in [0.2, 0.25) is 0 Å². The van der Waals surface area contributed by atoms with Crippen LogP contribution in [0.15, 0.2) is 54.1 Å². The fourth-order valence-electron chi connectivity index (χ4n) is 2.33. The smallest absolute Gasteiger partial charge is 0.349 e. The maximum Gasteiger partial charge on any atom is 0.349 e. The summed E-state index contributed by atoms with van der Waals surface area (Å²) >= 11 is 0. The molecule has 0 spiro atoms. The summed E-state index contributed by atoms with van der Waals surface area (Å²) < 4.78 is 10.4. The molecule has 2 aromatic carbocycles. The van der Waals surface area contributed by atoms with E-state index in [2.05, 4.69) is 20.8 Å². The summed E-state index contributed by atoms with van der Waals surface area (Å²) in [5, 5.41) is 9.24. The maximum absolute atomic E-state index is 12.2. The highest BCUT2D eigenvalue weighted by Crippen LogP contribution is 2.22. The van der Waals surface area contributed by atoms with Crippen molar-refractivity contribution < 1.29 is 14.3 Å². The van der Waals surface area contributed by atoms with Gasteiger partial charge in [0.15, 0.2) is 0 Å². The molecule has 2 aromatic rings. The number of hydrogen-bond donors (Lipinski definition) is 0. The molecule has 0 amide bonds. The van der Waals surface area contributed by atoms with E-state index in [4.69, 9.17) is 9.47 Å². The lowest BCUT2D eigenvalue weighted by molar-refractivity contribution is -0.139. The molecule has 0 aliphatic heterocycles. The van der Waals surface area contributed by atoms with E-state index >= 15 is 0 Å². The lowest BCUT2D eigenvalue weighted by Crippen LogP contribution is -2.11. The second-order valence-electron chi connectivity index (χ2n) is 6.97. The molecule has 0 aliphatic carbocycles. The summed E-state index contributed by atoms with van der Waals surface area (Å²) in [6.07, 6.45) is 1.50. The third-order valence-corrected chi connectivity index (χ3v) is 3.96. The first-order chi connectivity index (χ1) is 12.3. The molecular formula is C22H23NO3. The third kappa shape index (κ3) is 5.22. The lowest BCUT2D eigenvalue weighted by atomic mass is 9.87. The monoisotopic (exact) mass is 349 g/mol. The van der Waals surface area contributed by atoms with Crippen LogP contribution in [0.1, 0.15) is 37.5 Å². The molecule has 26 heavy (non-hydrogen) atoms. The van der Waals surface area contributed by atoms with Crippen molar-refractivity contribution in [1.29, 1.82) is 5.26 Å². The van der Waals surface area contributed by atoms with E-state index < -0.39 is 5.97 Å². The molecule has 0 aliphatic rings. The Kier molecular flexibility index (Phi) is 6.19. The molecule has 0 atom stereocenters. The summed E-state index contributed by atoms with van der Waals surface area (Å²) in [5.41, 5.74) is 2.86. The molecule has 4 heteroatoms. The van der Waals surface area contributed by atoms with Crippen LogP contribution in [0.3, 0.4) is 0 Å². The zero-order chi connectivity index (χ0) is 19.2. The van der Waals surface area contributed by atoms with Crippen molar-refractivity contribution in [2.24, 2.45) is 0 Å². The number of methoxy groups -OCH3 is 1. The molecule has 0 saturated heterocycles. The van der Waals surface area contributed by atoms with Crippen molar-refractivity contribution >= 4 is 12.0 Å². The Morgan fingerprint density at radius 1 is 1.08 bits per heavy atom. The summed E-state index contributed by atoms with van der Waals surface area (Å²) in [7, 11) is 1.58. The number of nitrogens with zero attached hydrogens (tertiary/aromatic N) is 1. The number of nitriles is 1. The number of rotatable bonds is 5. The summed E-state index contributed by atoms with van der Waals surface area (Å²) in [6.45, 7) is 6.56. The van der Waals surface area contributed by atoms with E-state index in [-0.39, 0.29) is 17.6 Å². The Morgan fingerprint density at radius 2 is 1.69 bits per heavy atom. The number of esters is 1. The van der Waals surface area contributed by atoms with Crippen LogP contribution < -0.4 is 4.74 Å². The number of carbonyl (C=O) groups is 1. The molecule has 0 saturated carbocycles. The summed E-state index contributed by atoms with van der Waals surface area (Å²) in [4.78, 5) is 12.2. The van der Waals surface area contributed by atoms with Crippen LogP contribution >= 0.6 is 0 Å². The van der Waals surface area contributed by atoms with E-state index in [1.165, 1.54) is 11.6 Å². The van der Waals surface area contributed by atoms with Gasteiger partial charge >= 0.3 is 5.97 Å². The highest BCUT2D eigenvalue weighted by molar-refractivity contribution is 5.97. The first-order valence-electron chi connectivity index (χ1n) is 8.36. The van der Waals surface area contributed by atoms with Crippen LogP contribution in [0.5, 0.6) is 5.75 Å². The van der Waals surface area contributed by atoms with Crippen molar-refractivity contribution in [3.63, 3.8) is 0 Å². The van der Waals surface area contributed by atoms with Gasteiger partial charge in [0, 0.05) is 0 Å². The standard InChI is InChI=1S/C22H23NO3/c1-22(2,3)19-9-5-17(6-10-19)15-26-21(24)18(14-23)13-16-7-11-20(25-4)12-8-16/h5-13H,15H2,1-4H3/b18-13-. The first-order valence-corrected chi connectivity index (χ1v) is 8.36. The Labute approximate surface area is 154 Å². The normalized spacial score (nSPS) is 11.6. The van der Waals surface area contributed by atoms with Crippen molar-refractivity contribution in [2.75, 3.05) is 7.11 Å². The first kappa shape index (κ1) is 19.3. The van der Waals surface area contributed by atoms with Gasteiger partial charge in [-0.05, 0) is 40.3 Å². The zero-order valence-electron chi connectivity index (χ0n) is 15.6. The van der Waals surface area contributed by atoms with Crippen LogP contribution in [-0.2, 0) is 21.6 Å². The molecule has 0 heterocycles. The molecule has 0 aromatic heterocycles. The van der Waals surface area contributed by atoms with Gasteiger partial charge in [-0.2, -0.15) is 5.26 Å². The molecule has 0 unspecified atom stereocenters. The van der Waals surface area contributed by atoms with E-state index in [0.717, 1.165) is 11.1 Å². The summed E-state index contributed by atoms with van der Waals surface area (Å²) in [5.74, 6) is 0.0742. The minimum atomic E-state index is -0.636. The van der Waals surface area contributed by atoms with Gasteiger partial charge < -0.3 is 9.47 Å². The van der Waals surface area contributed by atoms with Crippen LogP contribution in [-0.4, -0.2) is 13.1 Å². The molecule has 2 rings (SSSR count). The van der Waals surface area contributed by atoms with E-state index in [0.29, 0.717) is 5.75 Å². The quantitative estimate of drug-likeness (QED) is 0.448. The molecule has 4 nitrogen and oxygen atoms in total. The minimum absolute atomic E-state index is 0.0403. The molecular weight excluding hydrogens is 326 g/mol. The number of ether oxygens (including phenoxy) is 2. The molecule has 134 valence electrons. The predicted molar refractivity (Wildman–Crippen MR) is 102 cm³/mol. The molecule has 0 radical (unpaired) electrons. The van der Waals surface area contributed by atoms with Crippen LogP contribution in [0, 0.1) is 11.3 Å². The second kappa shape index (κ2) is 8.35. The van der Waals surface area contributed by atoms with Gasteiger partial charge in [0.05, 0.1) is 7.11 Å². The zero-order valence-corrected chi connectivity index (χ0v) is 15.6. The van der Waals surface area contributed by atoms with Crippen LogP contribution in [0.25, 0.3) is 6.08 Å². The summed E-state index contributed by atoms with van der Waals surface area (Å²) in [6, 6.07) is 16.9. The van der Waals surface area contributed by atoms with Gasteiger partial charge in [0.2, 0.25) is 0 Å². The van der Waals surface area contributed by atoms with Gasteiger partial charge in [0.1, 0.15) is 24.0 Å². The fraction of sp³-hybridized carbons (Fsp3) is 0.273. The minimum Gasteiger partial charge on any atom is -0.497 e. The second-order valence-corrected chi connectivity index (χ2v) is 6.97. The Bertz CT molecular complexity index is 820. The largest absolute Gasteiger partial charge is 0.497 e. The molecule has 0 fully saturated rings. The number of hydrogen-bond acceptors (Lipinski definition) is 4. The van der Waals surface area contributed by atoms with Gasteiger partial charge in [-0.25, -0.2) is 4.79 Å². The van der Waals surface area contributed by atoms with Gasteiger partial charge in [-0.3, -0.25) is 0 Å². The Balaban J connectivity index is 2.02. The van der Waals surface area contributed by atoms with Gasteiger partial charge in [-0.15, -0.1) is 0 Å². The predicted octanol–water partition coefficient (Wildman–Crippen LogP) is 4.64. The fourth-order valence-corrected chi connectivity index (χ4v) is 2.33. The van der Waals surface area contributed by atoms with E-state index in [1.54, 1.807) is 31.4 Å². The van der Waals surface area contributed by atoms with E-state index in [1.807, 2.05) is 30.3 Å². The van der Waals surface area contributed by atoms with Crippen molar-refractivity contribution in [1.82, 2.24) is 0 Å². The molecule has 0 N–H and O–H groups in total. The molecule has 0 bridgehead atoms. The van der Waals surface area contributed by atoms with Gasteiger partial charge in [0.25, 0.3) is 0 Å². The number of benzene rings is 2. The number of carbonyl (C=O) groups excluding carboxylic acids is 1. The van der Waals surface area contributed by atoms with Gasteiger partial charge in [-0.1, -0.05) is 57.2 Å². The third-order valence-electron chi connectivity index (χ3n) is 3.96. The van der Waals surface area contributed by atoms with Crippen molar-refractivity contribution in [3.8, 4) is 11.8 Å². The highest BCUT2D eigenvalue weighted by Gasteiger charge is 2.14. The Morgan fingerprint density at radius 3 is 2.19 bits per heavy atom. The van der Waals surface area contributed by atoms with Crippen molar-refractivity contribution in [2.45, 2.75) is 32.8 Å². The highest BCUT2D eigenvalue weighted by atomic mass is 16.5.